The molecule has 1 aromatic rings. The normalized spacial score (nSPS) is 17.0. The zero-order valence-electron chi connectivity index (χ0n) is 7.62. The Morgan fingerprint density at radius 2 is 2.38 bits per heavy atom. The molecule has 1 fully saturated rings. The van der Waals surface area contributed by atoms with Crippen LogP contribution in [0.4, 0.5) is 0 Å². The monoisotopic (exact) mass is 196 g/mol. The number of carbonyl (C=O) groups excluding carboxylic acids is 1. The summed E-state index contributed by atoms with van der Waals surface area (Å²) in [6, 6.07) is 0. The molecular formula is C9H12N2OS. The van der Waals surface area contributed by atoms with Crippen molar-refractivity contribution in [3.8, 4) is 0 Å². The van der Waals surface area contributed by atoms with Crippen LogP contribution in [0.5, 0.6) is 0 Å². The molecule has 2 rings (SSSR count). The van der Waals surface area contributed by atoms with Gasteiger partial charge in [-0.1, -0.05) is 17.8 Å². The molecule has 0 radical (unpaired) electrons. The molecule has 1 aromatic heterocycles. The Bertz CT molecular complexity index is 317. The van der Waals surface area contributed by atoms with Crippen LogP contribution in [0.25, 0.3) is 0 Å². The van der Waals surface area contributed by atoms with Crippen molar-refractivity contribution in [3.63, 3.8) is 0 Å². The van der Waals surface area contributed by atoms with Gasteiger partial charge >= 0.3 is 0 Å². The first kappa shape index (κ1) is 8.81. The number of hydrogen-bond donors (Lipinski definition) is 0. The summed E-state index contributed by atoms with van der Waals surface area (Å²) >= 11 is 1.25. The van der Waals surface area contributed by atoms with Gasteiger partial charge in [-0.25, -0.2) is 0 Å². The van der Waals surface area contributed by atoms with Crippen LogP contribution < -0.4 is 0 Å². The van der Waals surface area contributed by atoms with Gasteiger partial charge in [0.25, 0.3) is 0 Å². The minimum Gasteiger partial charge on any atom is -0.293 e. The van der Waals surface area contributed by atoms with Crippen molar-refractivity contribution in [2.24, 2.45) is 5.92 Å². The fraction of sp³-hybridized carbons (Fsp3) is 0.667. The highest BCUT2D eigenvalue weighted by molar-refractivity contribution is 7.08. The van der Waals surface area contributed by atoms with E-state index in [1.54, 1.807) is 0 Å². The molecule has 0 saturated heterocycles. The van der Waals surface area contributed by atoms with Gasteiger partial charge in [0.15, 0.2) is 5.78 Å². The minimum absolute atomic E-state index is 0.271. The van der Waals surface area contributed by atoms with E-state index in [1.165, 1.54) is 18.0 Å². The Kier molecular flexibility index (Phi) is 2.40. The van der Waals surface area contributed by atoms with Gasteiger partial charge < -0.3 is 0 Å². The highest BCUT2D eigenvalue weighted by Gasteiger charge is 2.29. The summed E-state index contributed by atoms with van der Waals surface area (Å²) in [4.78, 5) is 12.6. The van der Waals surface area contributed by atoms with Gasteiger partial charge in [0.2, 0.25) is 0 Å². The SMILES string of the molecule is CCc1nnsc1C(=O)C1CCC1. The largest absolute Gasteiger partial charge is 0.293 e. The molecule has 0 spiro atoms. The first-order valence-corrected chi connectivity index (χ1v) is 5.45. The second kappa shape index (κ2) is 3.54. The molecule has 3 nitrogen and oxygen atoms in total. The second-order valence-electron chi connectivity index (χ2n) is 3.39. The third-order valence-corrected chi connectivity index (χ3v) is 3.37. The third-order valence-electron chi connectivity index (χ3n) is 2.59. The predicted octanol–water partition coefficient (Wildman–Crippen LogP) is 2.08. The smallest absolute Gasteiger partial charge is 0.179 e. The third kappa shape index (κ3) is 1.50. The molecule has 0 amide bonds. The maximum absolute atomic E-state index is 11.8. The lowest BCUT2D eigenvalue weighted by Crippen LogP contribution is -2.22. The van der Waals surface area contributed by atoms with Crippen LogP contribution in [0.1, 0.15) is 41.6 Å². The Labute approximate surface area is 81.3 Å². The minimum atomic E-state index is 0.271. The summed E-state index contributed by atoms with van der Waals surface area (Å²) < 4.78 is 3.83. The quantitative estimate of drug-likeness (QED) is 0.695. The van der Waals surface area contributed by atoms with Crippen LogP contribution in [0.15, 0.2) is 0 Å². The van der Waals surface area contributed by atoms with E-state index in [0.717, 1.165) is 29.8 Å². The number of aromatic nitrogens is 2. The standard InChI is InChI=1S/C9H12N2OS/c1-2-7-9(13-11-10-7)8(12)6-4-3-5-6/h6H,2-5H2,1H3. The van der Waals surface area contributed by atoms with E-state index < -0.39 is 0 Å². The first-order chi connectivity index (χ1) is 6.33. The maximum atomic E-state index is 11.8. The lowest BCUT2D eigenvalue weighted by molar-refractivity contribution is 0.0858. The zero-order chi connectivity index (χ0) is 9.26. The van der Waals surface area contributed by atoms with E-state index in [0.29, 0.717) is 0 Å². The van der Waals surface area contributed by atoms with Crippen molar-refractivity contribution in [2.45, 2.75) is 32.6 Å². The van der Waals surface area contributed by atoms with Gasteiger partial charge in [-0.3, -0.25) is 4.79 Å². The van der Waals surface area contributed by atoms with Gasteiger partial charge in [-0.15, -0.1) is 5.10 Å². The highest BCUT2D eigenvalue weighted by Crippen LogP contribution is 2.31. The van der Waals surface area contributed by atoms with E-state index in [2.05, 4.69) is 9.59 Å². The Morgan fingerprint density at radius 3 is 2.92 bits per heavy atom. The fourth-order valence-corrected chi connectivity index (χ4v) is 2.25. The van der Waals surface area contributed by atoms with Crippen LogP contribution >= 0.6 is 11.5 Å². The van der Waals surface area contributed by atoms with E-state index in [1.807, 2.05) is 6.92 Å². The molecule has 0 aliphatic heterocycles. The molecule has 1 heterocycles. The van der Waals surface area contributed by atoms with Crippen LogP contribution in [0.3, 0.4) is 0 Å². The topological polar surface area (TPSA) is 42.9 Å². The average molecular weight is 196 g/mol. The van der Waals surface area contributed by atoms with Crippen LogP contribution in [-0.2, 0) is 6.42 Å². The maximum Gasteiger partial charge on any atom is 0.179 e. The summed E-state index contributed by atoms with van der Waals surface area (Å²) in [6.07, 6.45) is 4.12. The number of hydrogen-bond acceptors (Lipinski definition) is 4. The highest BCUT2D eigenvalue weighted by atomic mass is 32.1. The Balaban J connectivity index is 2.18. The van der Waals surface area contributed by atoms with Gasteiger partial charge in [-0.2, -0.15) is 0 Å². The van der Waals surface area contributed by atoms with E-state index in [-0.39, 0.29) is 11.7 Å². The van der Waals surface area contributed by atoms with E-state index in [9.17, 15) is 4.79 Å². The molecule has 1 aliphatic carbocycles. The van der Waals surface area contributed by atoms with Gasteiger partial charge in [0, 0.05) is 5.92 Å². The van der Waals surface area contributed by atoms with Gasteiger partial charge in [0.05, 0.1) is 5.69 Å². The summed E-state index contributed by atoms with van der Waals surface area (Å²) in [7, 11) is 0. The van der Waals surface area contributed by atoms with E-state index >= 15 is 0 Å². The summed E-state index contributed by atoms with van der Waals surface area (Å²) in [5.74, 6) is 0.547. The molecule has 13 heavy (non-hydrogen) atoms. The summed E-state index contributed by atoms with van der Waals surface area (Å²) in [5, 5.41) is 3.94. The molecule has 0 atom stereocenters. The molecule has 4 heteroatoms. The number of ketones is 1. The number of Topliss-reactive ketones (excluding diaryl/α,β-unsaturated/α-hetero) is 1. The van der Waals surface area contributed by atoms with Gasteiger partial charge in [-0.05, 0) is 30.8 Å². The van der Waals surface area contributed by atoms with Crippen molar-refractivity contribution < 1.29 is 4.79 Å². The van der Waals surface area contributed by atoms with Crippen LogP contribution in [0, 0.1) is 5.92 Å². The Hall–Kier alpha value is -0.770. The molecule has 0 N–H and O–H groups in total. The number of nitrogens with zero attached hydrogens (tertiary/aromatic N) is 2. The molecular weight excluding hydrogens is 184 g/mol. The number of aryl methyl sites for hydroxylation is 1. The van der Waals surface area contributed by atoms with Crippen molar-refractivity contribution in [1.82, 2.24) is 9.59 Å². The van der Waals surface area contributed by atoms with Crippen LogP contribution in [0.2, 0.25) is 0 Å². The van der Waals surface area contributed by atoms with Crippen molar-refractivity contribution in [1.29, 1.82) is 0 Å². The average Bonchev–Trinajstić information content (AvgIpc) is 2.47. The van der Waals surface area contributed by atoms with Crippen LogP contribution in [-0.4, -0.2) is 15.4 Å². The lowest BCUT2D eigenvalue weighted by Gasteiger charge is -2.22. The van der Waals surface area contributed by atoms with E-state index in [4.69, 9.17) is 0 Å². The lowest BCUT2D eigenvalue weighted by atomic mass is 9.81. The molecule has 0 unspecified atom stereocenters. The molecule has 1 aliphatic rings. The molecule has 1 saturated carbocycles. The second-order valence-corrected chi connectivity index (χ2v) is 4.15. The molecule has 0 bridgehead atoms. The Morgan fingerprint density at radius 1 is 1.62 bits per heavy atom. The van der Waals surface area contributed by atoms with Crippen molar-refractivity contribution in [3.05, 3.63) is 10.6 Å². The first-order valence-electron chi connectivity index (χ1n) is 4.68. The predicted molar refractivity (Wildman–Crippen MR) is 51.0 cm³/mol. The molecule has 0 aromatic carbocycles. The summed E-state index contributed by atoms with van der Waals surface area (Å²) in [5.41, 5.74) is 0.877. The fourth-order valence-electron chi connectivity index (χ4n) is 1.48. The van der Waals surface area contributed by atoms with Gasteiger partial charge in [0.1, 0.15) is 4.88 Å². The summed E-state index contributed by atoms with van der Waals surface area (Å²) in [6.45, 7) is 2.01. The number of rotatable bonds is 3. The van der Waals surface area contributed by atoms with Crippen molar-refractivity contribution in [2.75, 3.05) is 0 Å². The van der Waals surface area contributed by atoms with Crippen molar-refractivity contribution >= 4 is 17.3 Å². The zero-order valence-corrected chi connectivity index (χ0v) is 8.43. The molecule has 70 valence electrons. The number of carbonyl (C=O) groups is 1.